The van der Waals surface area contributed by atoms with E-state index in [1.807, 2.05) is 38.9 Å². The largest absolute Gasteiger partial charge is 0.416 e. The molecule has 0 aliphatic carbocycles. The fraction of sp³-hybridized carbons (Fsp3) is 0.519. The third-order valence-electron chi connectivity index (χ3n) is 6.66. The number of likely N-dealkylation sites (N-methyl/N-ethyl adjacent to an activating group) is 1. The van der Waals surface area contributed by atoms with Gasteiger partial charge in [-0.1, -0.05) is 12.1 Å². The maximum absolute atomic E-state index is 13.6. The van der Waals surface area contributed by atoms with Crippen molar-refractivity contribution in [1.82, 2.24) is 19.9 Å². The normalized spacial score (nSPS) is 15.3. The molecule has 38 heavy (non-hydrogen) atoms. The molecule has 1 atom stereocenters. The van der Waals surface area contributed by atoms with Gasteiger partial charge in [-0.3, -0.25) is 0 Å². The molecule has 1 aliphatic heterocycles. The number of anilines is 2. The average molecular weight is 533 g/mol. The van der Waals surface area contributed by atoms with Crippen molar-refractivity contribution in [3.63, 3.8) is 0 Å². The number of ether oxygens (including phenoxy) is 2. The number of pyridine rings is 1. The molecule has 0 bridgehead atoms. The van der Waals surface area contributed by atoms with Crippen molar-refractivity contribution < 1.29 is 22.6 Å². The van der Waals surface area contributed by atoms with E-state index in [0.29, 0.717) is 48.1 Å². The number of hydrogen-bond acceptors (Lipinski definition) is 8. The molecule has 1 aromatic carbocycles. The summed E-state index contributed by atoms with van der Waals surface area (Å²) >= 11 is 0. The zero-order valence-corrected chi connectivity index (χ0v) is 22.5. The van der Waals surface area contributed by atoms with Gasteiger partial charge in [0.1, 0.15) is 12.4 Å². The average Bonchev–Trinajstić information content (AvgIpc) is 2.86. The van der Waals surface area contributed by atoms with Gasteiger partial charge < -0.3 is 24.6 Å². The number of morpholine rings is 1. The molecule has 2 aromatic heterocycles. The molecule has 206 valence electrons. The summed E-state index contributed by atoms with van der Waals surface area (Å²) in [7, 11) is 3.93. The summed E-state index contributed by atoms with van der Waals surface area (Å²) in [5, 5.41) is 4.05. The van der Waals surface area contributed by atoms with Crippen molar-refractivity contribution in [2.75, 3.05) is 63.8 Å². The van der Waals surface area contributed by atoms with Crippen LogP contribution in [0.2, 0.25) is 0 Å². The molecule has 11 heteroatoms. The molecule has 1 aliphatic rings. The number of nitrogens with one attached hydrogen (secondary N) is 1. The Labute approximate surface area is 221 Å². The second-order valence-corrected chi connectivity index (χ2v) is 9.79. The second-order valence-electron chi connectivity index (χ2n) is 9.79. The molecule has 8 nitrogen and oxygen atoms in total. The quantitative estimate of drug-likeness (QED) is 0.396. The van der Waals surface area contributed by atoms with E-state index in [0.717, 1.165) is 37.1 Å². The third-order valence-corrected chi connectivity index (χ3v) is 6.66. The third kappa shape index (κ3) is 6.51. The van der Waals surface area contributed by atoms with E-state index in [1.54, 1.807) is 6.07 Å². The van der Waals surface area contributed by atoms with Gasteiger partial charge >= 0.3 is 6.18 Å². The Morgan fingerprint density at radius 2 is 1.87 bits per heavy atom. The lowest BCUT2D eigenvalue weighted by molar-refractivity contribution is -0.138. The molecule has 0 unspecified atom stereocenters. The number of fused-ring (bicyclic) bond motifs is 1. The van der Waals surface area contributed by atoms with Gasteiger partial charge in [-0.25, -0.2) is 15.0 Å². The zero-order chi connectivity index (χ0) is 27.4. The molecule has 1 N–H and O–H groups in total. The molecule has 3 heterocycles. The van der Waals surface area contributed by atoms with E-state index in [2.05, 4.69) is 15.2 Å². The van der Waals surface area contributed by atoms with Gasteiger partial charge in [-0.15, -0.1) is 0 Å². The number of aromatic nitrogens is 3. The summed E-state index contributed by atoms with van der Waals surface area (Å²) in [6.45, 7) is 9.49. The fourth-order valence-corrected chi connectivity index (χ4v) is 4.60. The molecule has 1 saturated heterocycles. The lowest BCUT2D eigenvalue weighted by Gasteiger charge is -2.30. The minimum absolute atomic E-state index is 0.188. The Morgan fingerprint density at radius 1 is 1.13 bits per heavy atom. The summed E-state index contributed by atoms with van der Waals surface area (Å²) in [5.41, 5.74) is 2.40. The van der Waals surface area contributed by atoms with Crippen molar-refractivity contribution in [3.05, 3.63) is 52.5 Å². The SMILES string of the molecule is Cc1nc2nc(COCCN(C)C)nc(N[C@H](C)c3cccc(C(F)(F)F)c3C)c2cc1N1CCOCC1. The van der Waals surface area contributed by atoms with Crippen LogP contribution in [0.4, 0.5) is 24.7 Å². The zero-order valence-electron chi connectivity index (χ0n) is 22.5. The summed E-state index contributed by atoms with van der Waals surface area (Å²) < 4.78 is 51.9. The Balaban J connectivity index is 1.72. The topological polar surface area (TPSA) is 75.6 Å². The highest BCUT2D eigenvalue weighted by atomic mass is 19.4. The van der Waals surface area contributed by atoms with Gasteiger partial charge in [0.15, 0.2) is 11.5 Å². The number of rotatable bonds is 9. The van der Waals surface area contributed by atoms with E-state index in [9.17, 15) is 13.2 Å². The first kappa shape index (κ1) is 28.0. The number of benzene rings is 1. The molecule has 0 amide bonds. The Bertz CT molecular complexity index is 1260. The van der Waals surface area contributed by atoms with Gasteiger partial charge in [0, 0.05) is 19.6 Å². The predicted octanol–water partition coefficient (Wildman–Crippen LogP) is 4.75. The Morgan fingerprint density at radius 3 is 2.55 bits per heavy atom. The van der Waals surface area contributed by atoms with Crippen molar-refractivity contribution in [2.24, 2.45) is 0 Å². The molecule has 4 rings (SSSR count). The highest BCUT2D eigenvalue weighted by molar-refractivity contribution is 5.90. The van der Waals surface area contributed by atoms with Crippen LogP contribution in [-0.4, -0.2) is 73.4 Å². The first-order valence-corrected chi connectivity index (χ1v) is 12.7. The van der Waals surface area contributed by atoms with E-state index in [4.69, 9.17) is 19.4 Å². The van der Waals surface area contributed by atoms with Crippen LogP contribution in [0.15, 0.2) is 24.3 Å². The number of hydrogen-bond donors (Lipinski definition) is 1. The summed E-state index contributed by atoms with van der Waals surface area (Å²) in [6.07, 6.45) is -4.42. The van der Waals surface area contributed by atoms with Crippen LogP contribution >= 0.6 is 0 Å². The molecule has 1 fully saturated rings. The number of nitrogens with zero attached hydrogens (tertiary/aromatic N) is 5. The summed E-state index contributed by atoms with van der Waals surface area (Å²) in [5.74, 6) is 0.963. The summed E-state index contributed by atoms with van der Waals surface area (Å²) in [4.78, 5) is 18.4. The van der Waals surface area contributed by atoms with Gasteiger partial charge in [-0.2, -0.15) is 13.2 Å². The summed E-state index contributed by atoms with van der Waals surface area (Å²) in [6, 6.07) is 5.81. The van der Waals surface area contributed by atoms with Crippen LogP contribution < -0.4 is 10.2 Å². The predicted molar refractivity (Wildman–Crippen MR) is 142 cm³/mol. The van der Waals surface area contributed by atoms with Crippen LogP contribution in [0, 0.1) is 13.8 Å². The van der Waals surface area contributed by atoms with Crippen molar-refractivity contribution >= 4 is 22.5 Å². The van der Waals surface area contributed by atoms with Gasteiger partial charge in [0.25, 0.3) is 0 Å². The molecule has 3 aromatic rings. The van der Waals surface area contributed by atoms with Crippen LogP contribution in [0.3, 0.4) is 0 Å². The lowest BCUT2D eigenvalue weighted by atomic mass is 9.97. The van der Waals surface area contributed by atoms with Gasteiger partial charge in [-0.05, 0) is 58.1 Å². The molecule has 0 radical (unpaired) electrons. The standard InChI is InChI=1S/C27H35F3N6O2/c1-17-20(7-6-8-22(17)27(28,29)30)18(2)31-25-21-15-23(36-10-13-37-14-11-36)19(3)32-26(21)34-24(33-25)16-38-12-9-35(4)5/h6-8,15,18H,9-14,16H2,1-5H3,(H,31,32,33,34)/t18-/m1/s1. The maximum atomic E-state index is 13.6. The molecular weight excluding hydrogens is 497 g/mol. The minimum Gasteiger partial charge on any atom is -0.378 e. The van der Waals surface area contributed by atoms with Crippen molar-refractivity contribution in [3.8, 4) is 0 Å². The number of alkyl halides is 3. The smallest absolute Gasteiger partial charge is 0.378 e. The fourth-order valence-electron chi connectivity index (χ4n) is 4.60. The second kappa shape index (κ2) is 11.8. The van der Waals surface area contributed by atoms with E-state index < -0.39 is 17.8 Å². The maximum Gasteiger partial charge on any atom is 0.416 e. The highest BCUT2D eigenvalue weighted by Gasteiger charge is 2.33. The van der Waals surface area contributed by atoms with Crippen molar-refractivity contribution in [2.45, 2.75) is 39.6 Å². The van der Waals surface area contributed by atoms with E-state index >= 15 is 0 Å². The van der Waals surface area contributed by atoms with E-state index in [-0.39, 0.29) is 12.2 Å². The Kier molecular flexibility index (Phi) is 8.69. The number of halogens is 3. The minimum atomic E-state index is -4.42. The van der Waals surface area contributed by atoms with Crippen LogP contribution in [0.25, 0.3) is 11.0 Å². The molecule has 0 spiro atoms. The van der Waals surface area contributed by atoms with Crippen LogP contribution in [0.1, 0.15) is 41.2 Å². The van der Waals surface area contributed by atoms with Crippen molar-refractivity contribution in [1.29, 1.82) is 0 Å². The number of aryl methyl sites for hydroxylation is 1. The first-order chi connectivity index (χ1) is 18.0. The Hall–Kier alpha value is -3.02. The lowest BCUT2D eigenvalue weighted by Crippen LogP contribution is -2.36. The van der Waals surface area contributed by atoms with Crippen LogP contribution in [0.5, 0.6) is 0 Å². The monoisotopic (exact) mass is 532 g/mol. The molecule has 0 saturated carbocycles. The van der Waals surface area contributed by atoms with E-state index in [1.165, 1.54) is 13.0 Å². The van der Waals surface area contributed by atoms with Crippen LogP contribution in [-0.2, 0) is 22.3 Å². The first-order valence-electron chi connectivity index (χ1n) is 12.7. The van der Waals surface area contributed by atoms with Gasteiger partial charge in [0.2, 0.25) is 0 Å². The molecular formula is C27H35F3N6O2. The highest BCUT2D eigenvalue weighted by Crippen LogP contribution is 2.36. The van der Waals surface area contributed by atoms with Gasteiger partial charge in [0.05, 0.1) is 48.2 Å².